The lowest BCUT2D eigenvalue weighted by Crippen LogP contribution is -2.09. The molecule has 0 spiro atoms. The van der Waals surface area contributed by atoms with E-state index in [-0.39, 0.29) is 12.5 Å². The van der Waals surface area contributed by atoms with Gasteiger partial charge in [-0.1, -0.05) is 19.1 Å². The molecule has 15 heavy (non-hydrogen) atoms. The van der Waals surface area contributed by atoms with Crippen molar-refractivity contribution in [1.29, 1.82) is 0 Å². The summed E-state index contributed by atoms with van der Waals surface area (Å²) in [5.41, 5.74) is 2.01. The van der Waals surface area contributed by atoms with Crippen molar-refractivity contribution in [2.75, 3.05) is 11.9 Å². The lowest BCUT2D eigenvalue weighted by molar-refractivity contribution is -0.115. The number of aliphatic hydroxyl groups excluding tert-OH is 1. The predicted octanol–water partition coefficient (Wildman–Crippen LogP) is 1.96. The molecule has 0 heterocycles. The van der Waals surface area contributed by atoms with Crippen molar-refractivity contribution in [1.82, 2.24) is 0 Å². The Morgan fingerprint density at radius 2 is 2.00 bits per heavy atom. The SMILES string of the molecule is CCC(=O)Nc1ccc(CCCO)cc1. The van der Waals surface area contributed by atoms with E-state index in [9.17, 15) is 4.79 Å². The van der Waals surface area contributed by atoms with Gasteiger partial charge in [-0.25, -0.2) is 0 Å². The third-order valence-corrected chi connectivity index (χ3v) is 2.18. The number of nitrogens with one attached hydrogen (secondary N) is 1. The molecule has 0 fully saturated rings. The molecule has 3 heteroatoms. The average molecular weight is 207 g/mol. The number of rotatable bonds is 5. The van der Waals surface area contributed by atoms with Gasteiger partial charge in [0.15, 0.2) is 0 Å². The van der Waals surface area contributed by atoms with Gasteiger partial charge in [0.1, 0.15) is 0 Å². The van der Waals surface area contributed by atoms with Gasteiger partial charge in [0.05, 0.1) is 0 Å². The third-order valence-electron chi connectivity index (χ3n) is 2.18. The smallest absolute Gasteiger partial charge is 0.224 e. The molecule has 0 unspecified atom stereocenters. The molecular weight excluding hydrogens is 190 g/mol. The van der Waals surface area contributed by atoms with Gasteiger partial charge in [0.2, 0.25) is 5.91 Å². The number of aliphatic hydroxyl groups is 1. The number of hydrogen-bond acceptors (Lipinski definition) is 2. The summed E-state index contributed by atoms with van der Waals surface area (Å²) in [7, 11) is 0. The topological polar surface area (TPSA) is 49.3 Å². The van der Waals surface area contributed by atoms with Crippen molar-refractivity contribution in [3.63, 3.8) is 0 Å². The second-order valence-electron chi connectivity index (χ2n) is 3.43. The molecule has 82 valence electrons. The zero-order valence-corrected chi connectivity index (χ0v) is 8.99. The standard InChI is InChI=1S/C12H17NO2/c1-2-12(15)13-11-7-5-10(6-8-11)4-3-9-14/h5-8,14H,2-4,9H2,1H3,(H,13,15). The van der Waals surface area contributed by atoms with Gasteiger partial charge in [0.25, 0.3) is 0 Å². The molecule has 0 aromatic heterocycles. The number of hydrogen-bond donors (Lipinski definition) is 2. The van der Waals surface area contributed by atoms with Gasteiger partial charge in [-0.3, -0.25) is 4.79 Å². The molecular formula is C12H17NO2. The lowest BCUT2D eigenvalue weighted by Gasteiger charge is -2.04. The highest BCUT2D eigenvalue weighted by Crippen LogP contribution is 2.11. The zero-order valence-electron chi connectivity index (χ0n) is 8.99. The van der Waals surface area contributed by atoms with Gasteiger partial charge in [-0.05, 0) is 30.5 Å². The quantitative estimate of drug-likeness (QED) is 0.775. The maximum atomic E-state index is 11.1. The van der Waals surface area contributed by atoms with E-state index in [0.717, 1.165) is 18.5 Å². The fraction of sp³-hybridized carbons (Fsp3) is 0.417. The number of benzene rings is 1. The Hall–Kier alpha value is -1.35. The van der Waals surface area contributed by atoms with Crippen LogP contribution in [0.25, 0.3) is 0 Å². The monoisotopic (exact) mass is 207 g/mol. The second-order valence-corrected chi connectivity index (χ2v) is 3.43. The lowest BCUT2D eigenvalue weighted by atomic mass is 10.1. The van der Waals surface area contributed by atoms with Crippen LogP contribution in [0.15, 0.2) is 24.3 Å². The van der Waals surface area contributed by atoms with Crippen molar-refractivity contribution in [2.24, 2.45) is 0 Å². The van der Waals surface area contributed by atoms with E-state index in [2.05, 4.69) is 5.32 Å². The van der Waals surface area contributed by atoms with Gasteiger partial charge >= 0.3 is 0 Å². The van der Waals surface area contributed by atoms with Crippen LogP contribution in [0.2, 0.25) is 0 Å². The fourth-order valence-electron chi connectivity index (χ4n) is 1.29. The highest BCUT2D eigenvalue weighted by Gasteiger charge is 1.98. The molecule has 1 amide bonds. The molecule has 1 aromatic carbocycles. The van der Waals surface area contributed by atoms with Crippen LogP contribution >= 0.6 is 0 Å². The number of anilines is 1. The van der Waals surface area contributed by atoms with E-state index in [4.69, 9.17) is 5.11 Å². The van der Waals surface area contributed by atoms with E-state index in [1.807, 2.05) is 31.2 Å². The summed E-state index contributed by atoms with van der Waals surface area (Å²) in [4.78, 5) is 11.1. The molecule has 1 aromatic rings. The first-order valence-corrected chi connectivity index (χ1v) is 5.26. The van der Waals surface area contributed by atoms with E-state index in [0.29, 0.717) is 6.42 Å². The van der Waals surface area contributed by atoms with E-state index < -0.39 is 0 Å². The van der Waals surface area contributed by atoms with Crippen LogP contribution < -0.4 is 5.32 Å². The predicted molar refractivity (Wildman–Crippen MR) is 60.8 cm³/mol. The molecule has 0 saturated heterocycles. The summed E-state index contributed by atoms with van der Waals surface area (Å²) in [6, 6.07) is 7.72. The zero-order chi connectivity index (χ0) is 11.1. The maximum Gasteiger partial charge on any atom is 0.224 e. The van der Waals surface area contributed by atoms with Gasteiger partial charge < -0.3 is 10.4 Å². The van der Waals surface area contributed by atoms with Crippen molar-refractivity contribution >= 4 is 11.6 Å². The molecule has 0 aliphatic heterocycles. The molecule has 0 bridgehead atoms. The van der Waals surface area contributed by atoms with Crippen LogP contribution in [-0.4, -0.2) is 17.6 Å². The molecule has 0 atom stereocenters. The van der Waals surface area contributed by atoms with Crippen LogP contribution in [0.4, 0.5) is 5.69 Å². The minimum Gasteiger partial charge on any atom is -0.396 e. The molecule has 2 N–H and O–H groups in total. The van der Waals surface area contributed by atoms with Gasteiger partial charge in [0, 0.05) is 18.7 Å². The largest absolute Gasteiger partial charge is 0.396 e. The first-order valence-electron chi connectivity index (χ1n) is 5.26. The van der Waals surface area contributed by atoms with Crippen molar-refractivity contribution < 1.29 is 9.90 Å². The summed E-state index contributed by atoms with van der Waals surface area (Å²) in [5, 5.41) is 11.5. The average Bonchev–Trinajstić information content (AvgIpc) is 2.28. The van der Waals surface area contributed by atoms with Crippen molar-refractivity contribution in [3.05, 3.63) is 29.8 Å². The third kappa shape index (κ3) is 4.13. The molecule has 3 nitrogen and oxygen atoms in total. The Bertz CT molecular complexity index is 306. The van der Waals surface area contributed by atoms with E-state index >= 15 is 0 Å². The molecule has 1 rings (SSSR count). The molecule has 0 saturated carbocycles. The summed E-state index contributed by atoms with van der Waals surface area (Å²) in [6.07, 6.45) is 2.14. The van der Waals surface area contributed by atoms with Crippen LogP contribution in [0.5, 0.6) is 0 Å². The van der Waals surface area contributed by atoms with Crippen LogP contribution in [-0.2, 0) is 11.2 Å². The van der Waals surface area contributed by atoms with Crippen LogP contribution in [0.1, 0.15) is 25.3 Å². The first kappa shape index (κ1) is 11.7. The number of carbonyl (C=O) groups is 1. The Labute approximate surface area is 90.1 Å². The van der Waals surface area contributed by atoms with Gasteiger partial charge in [-0.2, -0.15) is 0 Å². The molecule has 0 aliphatic rings. The van der Waals surface area contributed by atoms with Crippen LogP contribution in [0, 0.1) is 0 Å². The number of aryl methyl sites for hydroxylation is 1. The number of amides is 1. The highest BCUT2D eigenvalue weighted by molar-refractivity contribution is 5.90. The fourth-order valence-corrected chi connectivity index (χ4v) is 1.29. The maximum absolute atomic E-state index is 11.1. The Morgan fingerprint density at radius 3 is 2.53 bits per heavy atom. The van der Waals surface area contributed by atoms with E-state index in [1.165, 1.54) is 5.56 Å². The summed E-state index contributed by atoms with van der Waals surface area (Å²) in [5.74, 6) is 0.0260. The molecule has 0 aliphatic carbocycles. The summed E-state index contributed by atoms with van der Waals surface area (Å²) < 4.78 is 0. The second kappa shape index (κ2) is 6.19. The van der Waals surface area contributed by atoms with Crippen molar-refractivity contribution in [2.45, 2.75) is 26.2 Å². The van der Waals surface area contributed by atoms with Gasteiger partial charge in [-0.15, -0.1) is 0 Å². The first-order chi connectivity index (χ1) is 7.26. The van der Waals surface area contributed by atoms with Crippen molar-refractivity contribution in [3.8, 4) is 0 Å². The highest BCUT2D eigenvalue weighted by atomic mass is 16.2. The van der Waals surface area contributed by atoms with E-state index in [1.54, 1.807) is 0 Å². The Balaban J connectivity index is 2.52. The minimum atomic E-state index is 0.0260. The summed E-state index contributed by atoms with van der Waals surface area (Å²) >= 11 is 0. The minimum absolute atomic E-state index is 0.0260. The Kier molecular flexibility index (Phi) is 4.84. The normalized spacial score (nSPS) is 10.0. The molecule has 0 radical (unpaired) electrons. The summed E-state index contributed by atoms with van der Waals surface area (Å²) in [6.45, 7) is 2.04. The number of carbonyl (C=O) groups excluding carboxylic acids is 1. The van der Waals surface area contributed by atoms with Crippen LogP contribution in [0.3, 0.4) is 0 Å². The Morgan fingerprint density at radius 1 is 1.33 bits per heavy atom.